The fourth-order valence-electron chi connectivity index (χ4n) is 2.63. The predicted molar refractivity (Wildman–Crippen MR) is 89.2 cm³/mol. The van der Waals surface area contributed by atoms with Crippen LogP contribution in [0, 0.1) is 9.49 Å². The number of halogens is 1. The number of nitrogens with zero attached hydrogens (tertiary/aromatic N) is 1. The van der Waals surface area contributed by atoms with E-state index in [1.54, 1.807) is 0 Å². The normalized spacial score (nSPS) is 22.8. The molecule has 0 aromatic heterocycles. The van der Waals surface area contributed by atoms with Gasteiger partial charge in [0.1, 0.15) is 0 Å². The Morgan fingerprint density at radius 3 is 2.86 bits per heavy atom. The van der Waals surface area contributed by atoms with Gasteiger partial charge in [-0.1, -0.05) is 6.07 Å². The van der Waals surface area contributed by atoms with Crippen LogP contribution in [0.25, 0.3) is 0 Å². The Morgan fingerprint density at radius 2 is 2.24 bits per heavy atom. The lowest BCUT2D eigenvalue weighted by atomic mass is 9.92. The first-order valence-corrected chi connectivity index (χ1v) is 8.06. The highest BCUT2D eigenvalue weighted by Gasteiger charge is 2.30. The molecule has 2 N–H and O–H groups in total. The lowest BCUT2D eigenvalue weighted by molar-refractivity contribution is -0.144. The number of amides is 1. The molecule has 2 unspecified atom stereocenters. The maximum absolute atomic E-state index is 12.1. The highest BCUT2D eigenvalue weighted by Crippen LogP contribution is 2.22. The number of hydrogen-bond acceptors (Lipinski definition) is 3. The van der Waals surface area contributed by atoms with E-state index in [2.05, 4.69) is 27.9 Å². The molecule has 0 saturated carbocycles. The molecule has 1 amide bonds. The Bertz CT molecular complexity index is 535. The van der Waals surface area contributed by atoms with Crippen LogP contribution in [0.1, 0.15) is 19.8 Å². The minimum Gasteiger partial charge on any atom is -0.481 e. The van der Waals surface area contributed by atoms with Gasteiger partial charge in [0, 0.05) is 15.3 Å². The minimum absolute atomic E-state index is 0.0578. The molecular weight excluding hydrogens is 383 g/mol. The zero-order valence-corrected chi connectivity index (χ0v) is 14.0. The summed E-state index contributed by atoms with van der Waals surface area (Å²) in [7, 11) is 0. The van der Waals surface area contributed by atoms with Gasteiger partial charge in [0.05, 0.1) is 12.5 Å². The number of likely N-dealkylation sites (tertiary alicyclic amines) is 1. The summed E-state index contributed by atoms with van der Waals surface area (Å²) in [6, 6.07) is 7.76. The maximum Gasteiger partial charge on any atom is 0.306 e. The van der Waals surface area contributed by atoms with Gasteiger partial charge in [-0.25, -0.2) is 0 Å². The second-order valence-electron chi connectivity index (χ2n) is 5.44. The number of carboxylic acid groups (broad SMARTS) is 1. The van der Waals surface area contributed by atoms with Crippen molar-refractivity contribution in [1.29, 1.82) is 0 Å². The molecule has 1 aromatic rings. The number of aliphatic carboxylic acids is 1. The van der Waals surface area contributed by atoms with E-state index in [1.165, 1.54) is 0 Å². The van der Waals surface area contributed by atoms with Gasteiger partial charge in [-0.05, 0) is 67.1 Å². The van der Waals surface area contributed by atoms with Gasteiger partial charge < -0.3 is 10.4 Å². The van der Waals surface area contributed by atoms with E-state index in [9.17, 15) is 9.59 Å². The smallest absolute Gasteiger partial charge is 0.306 e. The zero-order valence-electron chi connectivity index (χ0n) is 11.9. The molecule has 0 spiro atoms. The van der Waals surface area contributed by atoms with Crippen LogP contribution < -0.4 is 5.32 Å². The van der Waals surface area contributed by atoms with Gasteiger partial charge in [0.25, 0.3) is 0 Å². The molecule has 1 aliphatic rings. The second-order valence-corrected chi connectivity index (χ2v) is 6.68. The Morgan fingerprint density at radius 1 is 1.48 bits per heavy atom. The van der Waals surface area contributed by atoms with Crippen LogP contribution in [0.2, 0.25) is 0 Å². The molecule has 2 rings (SSSR count). The monoisotopic (exact) mass is 402 g/mol. The zero-order chi connectivity index (χ0) is 15.4. The third-order valence-corrected chi connectivity index (χ3v) is 4.49. The van der Waals surface area contributed by atoms with Crippen molar-refractivity contribution in [3.05, 3.63) is 27.8 Å². The average Bonchev–Trinajstić information content (AvgIpc) is 2.40. The SMILES string of the molecule is CC1CC(C(=O)O)CCN1CC(=O)Nc1cccc(I)c1. The summed E-state index contributed by atoms with van der Waals surface area (Å²) in [4.78, 5) is 25.1. The largest absolute Gasteiger partial charge is 0.481 e. The second kappa shape index (κ2) is 7.22. The summed E-state index contributed by atoms with van der Waals surface area (Å²) >= 11 is 2.20. The van der Waals surface area contributed by atoms with Gasteiger partial charge in [0.15, 0.2) is 0 Å². The number of benzene rings is 1. The topological polar surface area (TPSA) is 69.6 Å². The highest BCUT2D eigenvalue weighted by molar-refractivity contribution is 14.1. The van der Waals surface area contributed by atoms with Crippen molar-refractivity contribution < 1.29 is 14.7 Å². The number of nitrogens with one attached hydrogen (secondary N) is 1. The van der Waals surface area contributed by atoms with Crippen LogP contribution in [0.3, 0.4) is 0 Å². The molecule has 1 saturated heterocycles. The maximum atomic E-state index is 12.1. The molecule has 1 aromatic carbocycles. The van der Waals surface area contributed by atoms with Gasteiger partial charge in [-0.2, -0.15) is 0 Å². The fraction of sp³-hybridized carbons (Fsp3) is 0.467. The summed E-state index contributed by atoms with van der Waals surface area (Å²) in [5, 5.41) is 11.9. The van der Waals surface area contributed by atoms with Crippen LogP contribution in [0.15, 0.2) is 24.3 Å². The number of anilines is 1. The van der Waals surface area contributed by atoms with Crippen molar-refractivity contribution in [2.24, 2.45) is 5.92 Å². The lowest BCUT2D eigenvalue weighted by Gasteiger charge is -2.35. The summed E-state index contributed by atoms with van der Waals surface area (Å²) in [5.74, 6) is -1.07. The number of rotatable bonds is 4. The first-order valence-electron chi connectivity index (χ1n) is 6.98. The lowest BCUT2D eigenvalue weighted by Crippen LogP contribution is -2.46. The van der Waals surface area contributed by atoms with Crippen molar-refractivity contribution in [3.8, 4) is 0 Å². The summed E-state index contributed by atoms with van der Waals surface area (Å²) in [6.45, 7) is 2.94. The first kappa shape index (κ1) is 16.2. The highest BCUT2D eigenvalue weighted by atomic mass is 127. The van der Waals surface area contributed by atoms with Crippen molar-refractivity contribution in [1.82, 2.24) is 4.90 Å². The quantitative estimate of drug-likeness (QED) is 0.760. The number of carbonyl (C=O) groups excluding carboxylic acids is 1. The standard InChI is InChI=1S/C15H19IN2O3/c1-10-7-11(15(20)21)5-6-18(10)9-14(19)17-13-4-2-3-12(16)8-13/h2-4,8,10-11H,5-7,9H2,1H3,(H,17,19)(H,20,21). The Balaban J connectivity index is 1.87. The van der Waals surface area contributed by atoms with Gasteiger partial charge >= 0.3 is 5.97 Å². The van der Waals surface area contributed by atoms with Crippen LogP contribution in [0.4, 0.5) is 5.69 Å². The van der Waals surface area contributed by atoms with E-state index in [0.717, 1.165) is 9.26 Å². The van der Waals surface area contributed by atoms with Crippen LogP contribution >= 0.6 is 22.6 Å². The van der Waals surface area contributed by atoms with E-state index in [0.29, 0.717) is 25.9 Å². The summed E-state index contributed by atoms with van der Waals surface area (Å²) < 4.78 is 1.07. The number of hydrogen-bond donors (Lipinski definition) is 2. The molecule has 5 nitrogen and oxygen atoms in total. The molecule has 114 valence electrons. The van der Waals surface area contributed by atoms with Crippen molar-refractivity contribution in [3.63, 3.8) is 0 Å². The Hall–Kier alpha value is -1.15. The molecule has 21 heavy (non-hydrogen) atoms. The molecule has 1 aliphatic heterocycles. The van der Waals surface area contributed by atoms with E-state index in [4.69, 9.17) is 5.11 Å². The van der Waals surface area contributed by atoms with Gasteiger partial charge in [-0.3, -0.25) is 14.5 Å². The number of piperidine rings is 1. The molecule has 6 heteroatoms. The molecule has 1 fully saturated rings. The van der Waals surface area contributed by atoms with Gasteiger partial charge in [-0.15, -0.1) is 0 Å². The number of carboxylic acids is 1. The number of carbonyl (C=O) groups is 2. The molecule has 2 atom stereocenters. The van der Waals surface area contributed by atoms with E-state index in [-0.39, 0.29) is 17.9 Å². The third-order valence-electron chi connectivity index (χ3n) is 3.82. The minimum atomic E-state index is -0.732. The van der Waals surface area contributed by atoms with Crippen LogP contribution in [-0.4, -0.2) is 41.0 Å². The summed E-state index contributed by atoms with van der Waals surface area (Å²) in [5.41, 5.74) is 0.792. The molecule has 0 aliphatic carbocycles. The molecule has 1 heterocycles. The van der Waals surface area contributed by atoms with E-state index >= 15 is 0 Å². The molecular formula is C15H19IN2O3. The van der Waals surface area contributed by atoms with Gasteiger partial charge in [0.2, 0.25) is 5.91 Å². The average molecular weight is 402 g/mol. The molecule has 0 bridgehead atoms. The predicted octanol–water partition coefficient (Wildman–Crippen LogP) is 2.41. The fourth-order valence-corrected chi connectivity index (χ4v) is 3.17. The third kappa shape index (κ3) is 4.67. The summed E-state index contributed by atoms with van der Waals surface area (Å²) in [6.07, 6.45) is 1.21. The van der Waals surface area contributed by atoms with E-state index in [1.807, 2.05) is 36.1 Å². The Labute approximate surface area is 137 Å². The van der Waals surface area contributed by atoms with Crippen LogP contribution in [0.5, 0.6) is 0 Å². The van der Waals surface area contributed by atoms with Crippen molar-refractivity contribution in [2.45, 2.75) is 25.8 Å². The van der Waals surface area contributed by atoms with Crippen molar-refractivity contribution >= 4 is 40.2 Å². The van der Waals surface area contributed by atoms with E-state index < -0.39 is 5.97 Å². The van der Waals surface area contributed by atoms with Crippen LogP contribution in [-0.2, 0) is 9.59 Å². The van der Waals surface area contributed by atoms with Crippen molar-refractivity contribution in [2.75, 3.05) is 18.4 Å². The molecule has 0 radical (unpaired) electrons. The first-order chi connectivity index (χ1) is 9.95. The Kier molecular flexibility index (Phi) is 5.58.